The molecule has 0 spiro atoms. The first-order valence-electron chi connectivity index (χ1n) is 6.19. The van der Waals surface area contributed by atoms with E-state index in [9.17, 15) is 9.59 Å². The fourth-order valence-electron chi connectivity index (χ4n) is 1.32. The lowest BCUT2D eigenvalue weighted by molar-refractivity contribution is -0.128. The van der Waals surface area contributed by atoms with E-state index < -0.39 is 0 Å². The van der Waals surface area contributed by atoms with Gasteiger partial charge >= 0.3 is 0 Å². The van der Waals surface area contributed by atoms with Gasteiger partial charge in [0.05, 0.1) is 10.7 Å². The Morgan fingerprint density at radius 1 is 0.722 bits per heavy atom. The van der Waals surface area contributed by atoms with Crippen molar-refractivity contribution in [2.75, 3.05) is 36.8 Å². The van der Waals surface area contributed by atoms with Gasteiger partial charge in [-0.2, -0.15) is 0 Å². The van der Waals surface area contributed by atoms with Gasteiger partial charge in [-0.05, 0) is 27.7 Å². The van der Waals surface area contributed by atoms with Crippen LogP contribution in [0, 0.1) is 0 Å². The molecule has 0 unspecified atom stereocenters. The smallest absolute Gasteiger partial charge is 0.233 e. The van der Waals surface area contributed by atoms with Crippen LogP contribution in [-0.4, -0.2) is 58.5 Å². The molecule has 0 aromatic carbocycles. The minimum atomic E-state index is 0.167. The maximum atomic E-state index is 10.9. The predicted octanol–water partition coefficient (Wildman–Crippen LogP) is 2.50. The minimum absolute atomic E-state index is 0.167. The van der Waals surface area contributed by atoms with Gasteiger partial charge in [0.1, 0.15) is 0 Å². The zero-order valence-corrected chi connectivity index (χ0v) is 14.9. The Hall–Kier alpha value is -0.100. The van der Waals surface area contributed by atoms with Crippen LogP contribution in [0.15, 0.2) is 0 Å². The topological polar surface area (TPSA) is 40.6 Å². The number of carbonyl (C=O) groups excluding carboxylic acids is 2. The van der Waals surface area contributed by atoms with Crippen molar-refractivity contribution in [2.24, 2.45) is 0 Å². The monoisotopic (exact) mass is 386 g/mol. The molecule has 18 heavy (non-hydrogen) atoms. The number of nitrogens with zero attached hydrogens (tertiary/aromatic N) is 2. The maximum absolute atomic E-state index is 10.9. The highest BCUT2D eigenvalue weighted by molar-refractivity contribution is 9.09. The van der Waals surface area contributed by atoms with Crippen molar-refractivity contribution in [1.82, 2.24) is 9.80 Å². The third kappa shape index (κ3) is 8.91. The van der Waals surface area contributed by atoms with Crippen LogP contribution in [0.2, 0.25) is 0 Å². The van der Waals surface area contributed by atoms with E-state index in [-0.39, 0.29) is 11.8 Å². The van der Waals surface area contributed by atoms with E-state index in [2.05, 4.69) is 31.9 Å². The zero-order chi connectivity index (χ0) is 14.6. The normalized spacial score (nSPS) is 9.22. The van der Waals surface area contributed by atoms with E-state index in [1.807, 2.05) is 27.7 Å². The number of amides is 2. The molecule has 0 heterocycles. The zero-order valence-electron chi connectivity index (χ0n) is 11.7. The van der Waals surface area contributed by atoms with Gasteiger partial charge in [-0.3, -0.25) is 9.59 Å². The Morgan fingerprint density at radius 3 is 1.00 bits per heavy atom. The minimum Gasteiger partial charge on any atom is -0.343 e. The molecule has 108 valence electrons. The first kappa shape index (κ1) is 20.2. The summed E-state index contributed by atoms with van der Waals surface area (Å²) < 4.78 is 0. The molecule has 0 aliphatic carbocycles. The van der Waals surface area contributed by atoms with Crippen LogP contribution < -0.4 is 0 Å². The van der Waals surface area contributed by atoms with Gasteiger partial charge in [-0.25, -0.2) is 0 Å². The maximum Gasteiger partial charge on any atom is 0.233 e. The highest BCUT2D eigenvalue weighted by atomic mass is 79.9. The SMILES string of the molecule is CCN(CC)C(=O)CBr.CCN(CC)C(=O)CBr. The lowest BCUT2D eigenvalue weighted by atomic mass is 10.5. The number of rotatable bonds is 6. The summed E-state index contributed by atoms with van der Waals surface area (Å²) >= 11 is 6.21. The molecule has 0 aliphatic rings. The Morgan fingerprint density at radius 2 is 0.944 bits per heavy atom. The van der Waals surface area contributed by atoms with Gasteiger partial charge in [-0.1, -0.05) is 31.9 Å². The van der Waals surface area contributed by atoms with Crippen LogP contribution in [-0.2, 0) is 9.59 Å². The van der Waals surface area contributed by atoms with Gasteiger partial charge in [0, 0.05) is 26.2 Å². The number of hydrogen-bond acceptors (Lipinski definition) is 2. The summed E-state index contributed by atoms with van der Waals surface area (Å²) in [6.45, 7) is 11.1. The second-order valence-corrected chi connectivity index (χ2v) is 4.52. The molecule has 0 saturated carbocycles. The van der Waals surface area contributed by atoms with E-state index in [1.165, 1.54) is 0 Å². The lowest BCUT2D eigenvalue weighted by Gasteiger charge is -2.16. The van der Waals surface area contributed by atoms with Crippen LogP contribution in [0.5, 0.6) is 0 Å². The Labute approximate surface area is 127 Å². The van der Waals surface area contributed by atoms with Crippen molar-refractivity contribution in [3.63, 3.8) is 0 Å². The van der Waals surface area contributed by atoms with Crippen LogP contribution in [0.25, 0.3) is 0 Å². The Balaban J connectivity index is 0. The lowest BCUT2D eigenvalue weighted by Crippen LogP contribution is -2.31. The fraction of sp³-hybridized carbons (Fsp3) is 0.833. The van der Waals surface area contributed by atoms with Crippen molar-refractivity contribution < 1.29 is 9.59 Å². The molecule has 0 rings (SSSR count). The average Bonchev–Trinajstić information content (AvgIpc) is 2.41. The molecule has 0 atom stereocenters. The molecule has 0 fully saturated rings. The summed E-state index contributed by atoms with van der Waals surface area (Å²) in [5, 5.41) is 0.878. The average molecular weight is 388 g/mol. The van der Waals surface area contributed by atoms with Crippen molar-refractivity contribution in [3.05, 3.63) is 0 Å². The van der Waals surface area contributed by atoms with Crippen molar-refractivity contribution >= 4 is 43.7 Å². The summed E-state index contributed by atoms with van der Waals surface area (Å²) in [7, 11) is 0. The first-order valence-corrected chi connectivity index (χ1v) is 8.43. The van der Waals surface area contributed by atoms with Gasteiger partial charge in [0.2, 0.25) is 11.8 Å². The molecule has 0 aliphatic heterocycles. The second-order valence-electron chi connectivity index (χ2n) is 3.40. The van der Waals surface area contributed by atoms with Gasteiger partial charge in [0.25, 0.3) is 0 Å². The molecule has 6 heteroatoms. The summed E-state index contributed by atoms with van der Waals surface area (Å²) in [4.78, 5) is 25.3. The number of alkyl halides is 2. The third-order valence-corrected chi connectivity index (χ3v) is 3.42. The first-order chi connectivity index (χ1) is 8.51. The number of hydrogen-bond donors (Lipinski definition) is 0. The Bertz CT molecular complexity index is 206. The molecule has 4 nitrogen and oxygen atoms in total. The number of carbonyl (C=O) groups is 2. The van der Waals surface area contributed by atoms with Gasteiger partial charge < -0.3 is 9.80 Å². The van der Waals surface area contributed by atoms with Crippen LogP contribution in [0.1, 0.15) is 27.7 Å². The molecule has 0 bridgehead atoms. The fourth-order valence-corrected chi connectivity index (χ4v) is 2.03. The molecule has 0 aromatic heterocycles. The van der Waals surface area contributed by atoms with Crippen molar-refractivity contribution in [1.29, 1.82) is 0 Å². The van der Waals surface area contributed by atoms with Crippen LogP contribution in [0.4, 0.5) is 0 Å². The van der Waals surface area contributed by atoms with E-state index in [4.69, 9.17) is 0 Å². The summed E-state index contributed by atoms with van der Waals surface area (Å²) in [5.74, 6) is 0.333. The summed E-state index contributed by atoms with van der Waals surface area (Å²) in [6.07, 6.45) is 0. The molecule has 0 aromatic rings. The van der Waals surface area contributed by atoms with E-state index in [0.29, 0.717) is 10.7 Å². The Kier molecular flexibility index (Phi) is 15.0. The summed E-state index contributed by atoms with van der Waals surface area (Å²) in [5.41, 5.74) is 0. The molecule has 0 radical (unpaired) electrons. The third-order valence-electron chi connectivity index (χ3n) is 2.46. The number of halogens is 2. The molecule has 0 saturated heterocycles. The summed E-state index contributed by atoms with van der Waals surface area (Å²) in [6, 6.07) is 0. The second kappa shape index (κ2) is 13.3. The molecule has 2 amide bonds. The van der Waals surface area contributed by atoms with Gasteiger partial charge in [-0.15, -0.1) is 0 Å². The molecule has 0 N–H and O–H groups in total. The van der Waals surface area contributed by atoms with E-state index in [0.717, 1.165) is 26.2 Å². The molecular formula is C12H24Br2N2O2. The van der Waals surface area contributed by atoms with Crippen LogP contribution in [0.3, 0.4) is 0 Å². The highest BCUT2D eigenvalue weighted by Gasteiger charge is 2.05. The predicted molar refractivity (Wildman–Crippen MR) is 83.4 cm³/mol. The van der Waals surface area contributed by atoms with Crippen molar-refractivity contribution in [3.8, 4) is 0 Å². The quantitative estimate of drug-likeness (QED) is 0.657. The van der Waals surface area contributed by atoms with Gasteiger partial charge in [0.15, 0.2) is 0 Å². The largest absolute Gasteiger partial charge is 0.343 e. The van der Waals surface area contributed by atoms with E-state index in [1.54, 1.807) is 9.80 Å². The van der Waals surface area contributed by atoms with E-state index >= 15 is 0 Å². The highest BCUT2D eigenvalue weighted by Crippen LogP contribution is 1.92. The molecular weight excluding hydrogens is 364 g/mol. The van der Waals surface area contributed by atoms with Crippen molar-refractivity contribution in [2.45, 2.75) is 27.7 Å². The standard InChI is InChI=1S/2C6H12BrNO/c2*1-3-8(4-2)6(9)5-7/h2*3-5H2,1-2H3. The van der Waals surface area contributed by atoms with Crippen LogP contribution >= 0.6 is 31.9 Å².